The van der Waals surface area contributed by atoms with E-state index in [0.717, 1.165) is 15.9 Å². The summed E-state index contributed by atoms with van der Waals surface area (Å²) in [6.45, 7) is 9.81. The van der Waals surface area contributed by atoms with E-state index in [9.17, 15) is 0 Å². The highest BCUT2D eigenvalue weighted by atomic mass is 79.9. The van der Waals surface area contributed by atoms with Gasteiger partial charge in [0.2, 0.25) is 11.8 Å². The number of aromatic nitrogens is 1. The quantitative estimate of drug-likeness (QED) is 0.804. The molecular weight excluding hydrogens is 358 g/mol. The van der Waals surface area contributed by atoms with E-state index >= 15 is 0 Å². The predicted octanol–water partition coefficient (Wildman–Crippen LogP) is 3.45. The van der Waals surface area contributed by atoms with E-state index in [0.29, 0.717) is 36.8 Å². The van der Waals surface area contributed by atoms with E-state index in [2.05, 4.69) is 58.6 Å². The molecule has 0 saturated carbocycles. The summed E-state index contributed by atoms with van der Waals surface area (Å²) < 4.78 is 12.4. The summed E-state index contributed by atoms with van der Waals surface area (Å²) in [5.41, 5.74) is 1.44. The Kier molecular flexibility index (Phi) is 4.71. The van der Waals surface area contributed by atoms with Crippen LogP contribution in [-0.4, -0.2) is 42.1 Å². The van der Waals surface area contributed by atoms with Crippen molar-refractivity contribution in [2.45, 2.75) is 39.8 Å². The van der Waals surface area contributed by atoms with E-state index in [1.54, 1.807) is 0 Å². The zero-order chi connectivity index (χ0) is 16.6. The average Bonchev–Trinajstić information content (AvgIpc) is 3.16. The van der Waals surface area contributed by atoms with Crippen LogP contribution in [-0.2, 0) is 9.47 Å². The van der Waals surface area contributed by atoms with Crippen molar-refractivity contribution >= 4 is 27.7 Å². The predicted molar refractivity (Wildman–Crippen MR) is 94.2 cm³/mol. The first-order valence-electron chi connectivity index (χ1n) is 8.03. The number of ether oxygens (including phenoxy) is 2. The van der Waals surface area contributed by atoms with Crippen molar-refractivity contribution in [1.82, 2.24) is 4.98 Å². The highest BCUT2D eigenvalue weighted by Gasteiger charge is 2.27. The van der Waals surface area contributed by atoms with Crippen molar-refractivity contribution < 1.29 is 9.47 Å². The molecule has 6 heteroatoms. The fourth-order valence-electron chi connectivity index (χ4n) is 2.46. The summed E-state index contributed by atoms with van der Waals surface area (Å²) >= 11 is 3.53. The lowest BCUT2D eigenvalue weighted by Crippen LogP contribution is -2.13. The van der Waals surface area contributed by atoms with Crippen LogP contribution in [0.5, 0.6) is 0 Å². The summed E-state index contributed by atoms with van der Waals surface area (Å²) in [6.07, 6.45) is 0. The summed E-state index contributed by atoms with van der Waals surface area (Å²) in [7, 11) is 0. The normalized spacial score (nSPS) is 23.8. The van der Waals surface area contributed by atoms with Gasteiger partial charge in [0.05, 0.1) is 12.1 Å². The van der Waals surface area contributed by atoms with Gasteiger partial charge in [-0.1, -0.05) is 43.6 Å². The van der Waals surface area contributed by atoms with Gasteiger partial charge in [0.1, 0.15) is 24.6 Å². The molecule has 0 aromatic carbocycles. The summed E-state index contributed by atoms with van der Waals surface area (Å²) in [5, 5.41) is 0. The molecule has 0 aliphatic carbocycles. The lowest BCUT2D eigenvalue weighted by Gasteiger charge is -2.06. The Morgan fingerprint density at radius 1 is 0.913 bits per heavy atom. The van der Waals surface area contributed by atoms with Gasteiger partial charge >= 0.3 is 0 Å². The number of rotatable bonds is 4. The molecule has 0 amide bonds. The minimum absolute atomic E-state index is 0.194. The van der Waals surface area contributed by atoms with Gasteiger partial charge in [-0.3, -0.25) is 0 Å². The van der Waals surface area contributed by atoms with Crippen molar-refractivity contribution in [3.8, 4) is 0 Å². The Hall–Kier alpha value is -1.43. The third-order valence-corrected chi connectivity index (χ3v) is 4.57. The number of nitrogens with zero attached hydrogens (tertiary/aromatic N) is 3. The highest BCUT2D eigenvalue weighted by Crippen LogP contribution is 2.22. The molecule has 1 aromatic heterocycles. The first kappa shape index (κ1) is 16.4. The molecule has 3 heterocycles. The van der Waals surface area contributed by atoms with E-state index < -0.39 is 0 Å². The van der Waals surface area contributed by atoms with Crippen LogP contribution < -0.4 is 0 Å². The molecule has 0 radical (unpaired) electrons. The number of hydrogen-bond donors (Lipinski definition) is 0. The standard InChI is InChI=1S/C17H22BrN3O2/c1-9(2)14-7-22-16(20-14)12-5-11(18)6-13(19-12)17-21-15(8-23-17)10(3)4/h5-6,9-10,14-15H,7-8H2,1-4H3/t14-,15-/m1/s1. The molecule has 0 spiro atoms. The Bertz CT molecular complexity index is 603. The average molecular weight is 380 g/mol. The Morgan fingerprint density at radius 2 is 1.35 bits per heavy atom. The first-order valence-corrected chi connectivity index (χ1v) is 8.83. The largest absolute Gasteiger partial charge is 0.474 e. The van der Waals surface area contributed by atoms with E-state index in [-0.39, 0.29) is 12.1 Å². The minimum Gasteiger partial charge on any atom is -0.474 e. The molecule has 0 fully saturated rings. The monoisotopic (exact) mass is 379 g/mol. The van der Waals surface area contributed by atoms with Crippen molar-refractivity contribution in [2.24, 2.45) is 21.8 Å². The van der Waals surface area contributed by atoms with Crippen LogP contribution in [0.4, 0.5) is 0 Å². The lowest BCUT2D eigenvalue weighted by atomic mass is 10.1. The van der Waals surface area contributed by atoms with E-state index in [1.807, 2.05) is 12.1 Å². The van der Waals surface area contributed by atoms with Crippen LogP contribution in [0.15, 0.2) is 26.6 Å². The van der Waals surface area contributed by atoms with E-state index in [1.165, 1.54) is 0 Å². The van der Waals surface area contributed by atoms with Gasteiger partial charge in [-0.05, 0) is 24.0 Å². The number of aliphatic imine (C=N–C) groups is 2. The van der Waals surface area contributed by atoms with Crippen LogP contribution in [0.25, 0.3) is 0 Å². The SMILES string of the molecule is CC(C)[C@H]1COC(c2cc(Br)cc(C3=N[C@@H](C(C)C)CO3)n2)=N1. The second-order valence-electron chi connectivity index (χ2n) is 6.67. The molecule has 5 nitrogen and oxygen atoms in total. The molecule has 0 unspecified atom stereocenters. The van der Waals surface area contributed by atoms with Gasteiger partial charge in [-0.25, -0.2) is 15.0 Å². The fourth-order valence-corrected chi connectivity index (χ4v) is 2.89. The summed E-state index contributed by atoms with van der Waals surface area (Å²) in [6, 6.07) is 4.22. The molecule has 0 bridgehead atoms. The Morgan fingerprint density at radius 3 is 1.70 bits per heavy atom. The minimum atomic E-state index is 0.194. The molecule has 2 aliphatic rings. The van der Waals surface area contributed by atoms with Crippen LogP contribution in [0.3, 0.4) is 0 Å². The van der Waals surface area contributed by atoms with Crippen molar-refractivity contribution in [3.63, 3.8) is 0 Å². The third-order valence-electron chi connectivity index (χ3n) is 4.12. The summed E-state index contributed by atoms with van der Waals surface area (Å²) in [4.78, 5) is 13.9. The van der Waals surface area contributed by atoms with Crippen LogP contribution in [0.1, 0.15) is 39.1 Å². The van der Waals surface area contributed by atoms with Crippen molar-refractivity contribution in [1.29, 1.82) is 0 Å². The van der Waals surface area contributed by atoms with Gasteiger partial charge in [0.25, 0.3) is 0 Å². The molecule has 0 N–H and O–H groups in total. The molecule has 23 heavy (non-hydrogen) atoms. The van der Waals surface area contributed by atoms with Crippen molar-refractivity contribution in [3.05, 3.63) is 28.0 Å². The number of halogens is 1. The lowest BCUT2D eigenvalue weighted by molar-refractivity contribution is 0.290. The summed E-state index contributed by atoms with van der Waals surface area (Å²) in [5.74, 6) is 2.11. The van der Waals surface area contributed by atoms with Crippen LogP contribution in [0, 0.1) is 11.8 Å². The maximum Gasteiger partial charge on any atom is 0.235 e. The van der Waals surface area contributed by atoms with E-state index in [4.69, 9.17) is 9.47 Å². The van der Waals surface area contributed by atoms with Gasteiger partial charge in [0.15, 0.2) is 0 Å². The van der Waals surface area contributed by atoms with Gasteiger partial charge < -0.3 is 9.47 Å². The number of hydrogen-bond acceptors (Lipinski definition) is 5. The Labute approximate surface area is 145 Å². The second-order valence-corrected chi connectivity index (χ2v) is 7.58. The zero-order valence-corrected chi connectivity index (χ0v) is 15.5. The molecule has 3 rings (SSSR count). The number of pyridine rings is 1. The smallest absolute Gasteiger partial charge is 0.235 e. The molecule has 124 valence electrons. The molecular formula is C17H22BrN3O2. The van der Waals surface area contributed by atoms with Gasteiger partial charge in [0, 0.05) is 4.47 Å². The molecule has 2 aliphatic heterocycles. The third kappa shape index (κ3) is 3.57. The second kappa shape index (κ2) is 6.59. The topological polar surface area (TPSA) is 56.1 Å². The Balaban J connectivity index is 1.89. The van der Waals surface area contributed by atoms with Gasteiger partial charge in [-0.15, -0.1) is 0 Å². The molecule has 0 saturated heterocycles. The maximum atomic E-state index is 5.73. The van der Waals surface area contributed by atoms with Crippen molar-refractivity contribution in [2.75, 3.05) is 13.2 Å². The van der Waals surface area contributed by atoms with Crippen LogP contribution in [0.2, 0.25) is 0 Å². The fraction of sp³-hybridized carbons (Fsp3) is 0.588. The zero-order valence-electron chi connectivity index (χ0n) is 13.9. The molecule has 1 aromatic rings. The van der Waals surface area contributed by atoms with Crippen LogP contribution >= 0.6 is 15.9 Å². The first-order chi connectivity index (χ1) is 10.9. The van der Waals surface area contributed by atoms with Gasteiger partial charge in [-0.2, -0.15) is 0 Å². The maximum absolute atomic E-state index is 5.73. The highest BCUT2D eigenvalue weighted by molar-refractivity contribution is 9.10. The molecule has 2 atom stereocenters.